The van der Waals surface area contributed by atoms with Crippen LogP contribution >= 0.6 is 0 Å². The normalized spacial score (nSPS) is 21.7. The number of aliphatic hydroxyl groups excluding tert-OH is 1. The van der Waals surface area contributed by atoms with Crippen molar-refractivity contribution in [2.24, 2.45) is 5.73 Å². The molecular weight excluding hydrogens is 524 g/mol. The Morgan fingerprint density at radius 1 is 1.10 bits per heavy atom. The van der Waals surface area contributed by atoms with Crippen LogP contribution in [-0.2, 0) is 11.2 Å². The first-order valence-electron chi connectivity index (χ1n) is 14.7. The Labute approximate surface area is 241 Å². The highest BCUT2D eigenvalue weighted by Gasteiger charge is 2.27. The zero-order valence-electron chi connectivity index (χ0n) is 24.1. The second kappa shape index (κ2) is 13.0. The number of piperazine rings is 1. The van der Waals surface area contributed by atoms with Gasteiger partial charge in [-0.05, 0) is 64.3 Å². The molecule has 1 aromatic carbocycles. The average Bonchev–Trinajstić information content (AvgIpc) is 2.96. The van der Waals surface area contributed by atoms with Crippen molar-refractivity contribution < 1.29 is 19.4 Å². The molecule has 222 valence electrons. The first-order chi connectivity index (χ1) is 19.8. The summed E-state index contributed by atoms with van der Waals surface area (Å²) in [6.07, 6.45) is 4.35. The molecule has 0 spiro atoms. The Balaban J connectivity index is 1.31. The molecule has 1 saturated carbocycles. The first-order valence-corrected chi connectivity index (χ1v) is 14.7. The minimum Gasteiger partial charge on any atom is -0.481 e. The van der Waals surface area contributed by atoms with Gasteiger partial charge in [-0.3, -0.25) is 9.59 Å². The van der Waals surface area contributed by atoms with Gasteiger partial charge in [0.2, 0.25) is 0 Å². The van der Waals surface area contributed by atoms with E-state index in [4.69, 9.17) is 15.5 Å². The fourth-order valence-corrected chi connectivity index (χ4v) is 5.69. The van der Waals surface area contributed by atoms with Crippen molar-refractivity contribution in [2.75, 3.05) is 68.5 Å². The molecule has 2 fully saturated rings. The van der Waals surface area contributed by atoms with E-state index in [9.17, 15) is 14.7 Å². The van der Waals surface area contributed by atoms with E-state index in [0.29, 0.717) is 35.9 Å². The van der Waals surface area contributed by atoms with Gasteiger partial charge in [0.05, 0.1) is 17.5 Å². The third-order valence-electron chi connectivity index (χ3n) is 8.19. The Kier molecular flexibility index (Phi) is 9.21. The molecule has 3 heterocycles. The van der Waals surface area contributed by atoms with Gasteiger partial charge >= 0.3 is 0 Å². The first kappa shape index (κ1) is 29.0. The predicted octanol–water partition coefficient (Wildman–Crippen LogP) is 1.96. The fraction of sp³-hybridized carbons (Fsp3) is 0.586. The number of hydrogen-bond donors (Lipinski definition) is 4. The number of benzene rings is 1. The minimum absolute atomic E-state index is 0.0212. The maximum atomic E-state index is 12.7. The number of fused-ring (bicyclic) bond motifs is 1. The number of rotatable bonds is 10. The number of aromatic nitrogens is 2. The van der Waals surface area contributed by atoms with Gasteiger partial charge in [0.25, 0.3) is 11.8 Å². The lowest BCUT2D eigenvalue weighted by molar-refractivity contribution is -0.121. The third kappa shape index (κ3) is 7.06. The summed E-state index contributed by atoms with van der Waals surface area (Å²) in [4.78, 5) is 40.9. The number of carbonyl (C=O) groups is 2. The number of nitrogens with zero attached hydrogens (tertiary/aromatic N) is 5. The summed E-state index contributed by atoms with van der Waals surface area (Å²) in [5.41, 5.74) is 7.78. The molecule has 2 aromatic rings. The Bertz CT molecular complexity index is 1240. The number of amides is 2. The molecule has 1 saturated heterocycles. The number of aryl methyl sites for hydroxylation is 1. The molecule has 0 atom stereocenters. The van der Waals surface area contributed by atoms with Crippen LogP contribution < -0.4 is 26.0 Å². The van der Waals surface area contributed by atoms with Crippen molar-refractivity contribution in [2.45, 2.75) is 57.6 Å². The van der Waals surface area contributed by atoms with Crippen LogP contribution in [-0.4, -0.2) is 102 Å². The smallest absolute Gasteiger partial charge is 0.271 e. The number of nitrogens with one attached hydrogen (secondary N) is 2. The monoisotopic (exact) mass is 566 g/mol. The summed E-state index contributed by atoms with van der Waals surface area (Å²) in [6, 6.07) is 5.67. The van der Waals surface area contributed by atoms with Gasteiger partial charge in [-0.2, -0.15) is 0 Å². The van der Waals surface area contributed by atoms with E-state index >= 15 is 0 Å². The third-order valence-corrected chi connectivity index (χ3v) is 8.19. The van der Waals surface area contributed by atoms with Crippen molar-refractivity contribution in [1.82, 2.24) is 19.8 Å². The molecule has 1 aliphatic carbocycles. The molecule has 5 N–H and O–H groups in total. The van der Waals surface area contributed by atoms with Crippen LogP contribution in [0.1, 0.15) is 55.2 Å². The summed E-state index contributed by atoms with van der Waals surface area (Å²) in [7, 11) is 2.14. The second-order valence-corrected chi connectivity index (χ2v) is 11.2. The highest BCUT2D eigenvalue weighted by molar-refractivity contribution is 5.99. The van der Waals surface area contributed by atoms with Gasteiger partial charge in [-0.1, -0.05) is 6.92 Å². The van der Waals surface area contributed by atoms with Crippen LogP contribution in [0.15, 0.2) is 18.2 Å². The van der Waals surface area contributed by atoms with E-state index in [2.05, 4.69) is 32.5 Å². The summed E-state index contributed by atoms with van der Waals surface area (Å²) in [6.45, 7) is 7.75. The van der Waals surface area contributed by atoms with Crippen molar-refractivity contribution in [3.8, 4) is 5.75 Å². The number of ether oxygens (including phenoxy) is 1. The second-order valence-electron chi connectivity index (χ2n) is 11.2. The maximum absolute atomic E-state index is 12.7. The van der Waals surface area contributed by atoms with Crippen LogP contribution in [0.2, 0.25) is 0 Å². The van der Waals surface area contributed by atoms with Crippen LogP contribution in [0.25, 0.3) is 0 Å². The molecule has 1 aromatic heterocycles. The number of anilines is 4. The fourth-order valence-electron chi connectivity index (χ4n) is 5.69. The van der Waals surface area contributed by atoms with Crippen molar-refractivity contribution >= 4 is 34.8 Å². The van der Waals surface area contributed by atoms with Gasteiger partial charge in [0, 0.05) is 50.5 Å². The van der Waals surface area contributed by atoms with E-state index in [1.54, 1.807) is 4.90 Å². The number of carbonyl (C=O) groups excluding carboxylic acids is 2. The van der Waals surface area contributed by atoms with E-state index in [1.165, 1.54) is 0 Å². The van der Waals surface area contributed by atoms with Crippen LogP contribution in [0.5, 0.6) is 5.75 Å². The van der Waals surface area contributed by atoms with Crippen LogP contribution in [0.4, 0.5) is 23.0 Å². The van der Waals surface area contributed by atoms with Gasteiger partial charge in [-0.15, -0.1) is 0 Å². The molecule has 0 unspecified atom stereocenters. The molecule has 12 nitrogen and oxygen atoms in total. The van der Waals surface area contributed by atoms with E-state index in [1.807, 2.05) is 25.1 Å². The van der Waals surface area contributed by atoms with Crippen LogP contribution in [0, 0.1) is 0 Å². The van der Waals surface area contributed by atoms with Crippen LogP contribution in [0.3, 0.4) is 0 Å². The largest absolute Gasteiger partial charge is 0.481 e. The number of nitrogens with two attached hydrogens (primary N) is 1. The topological polar surface area (TPSA) is 149 Å². The highest BCUT2D eigenvalue weighted by Crippen LogP contribution is 2.36. The summed E-state index contributed by atoms with van der Waals surface area (Å²) >= 11 is 0. The zero-order valence-corrected chi connectivity index (χ0v) is 24.1. The number of likely N-dealkylation sites (N-methyl/N-ethyl adjacent to an activating group) is 1. The molecule has 0 radical (unpaired) electrons. The molecule has 41 heavy (non-hydrogen) atoms. The SMILES string of the molecule is CCc1nc(C(N)=O)c(Nc2ccc3c(c2)OCC(=O)N3CCCN2CCN(C)CC2)nc1NC1CCC(O)CC1. The molecule has 3 aliphatic rings. The molecule has 5 rings (SSSR count). The standard InChI is InChI=1S/C29H42N8O4/c1-3-22-28(31-19-5-8-21(38)9-6-19)34-29(26(33-22)27(30)40)32-20-7-10-23-24(17-20)41-18-25(39)37(23)12-4-11-36-15-13-35(2)14-16-36/h7,10,17,19,21,38H,3-6,8-9,11-16,18H2,1-2H3,(H2,30,40)(H2,31,32,34). The lowest BCUT2D eigenvalue weighted by Gasteiger charge is -2.34. The Hall–Kier alpha value is -3.48. The molecule has 0 bridgehead atoms. The number of primary amides is 1. The van der Waals surface area contributed by atoms with Gasteiger partial charge in [-0.25, -0.2) is 9.97 Å². The quantitative estimate of drug-likeness (QED) is 0.336. The predicted molar refractivity (Wildman–Crippen MR) is 158 cm³/mol. The van der Waals surface area contributed by atoms with Crippen molar-refractivity contribution in [1.29, 1.82) is 0 Å². The molecule has 2 amide bonds. The summed E-state index contributed by atoms with van der Waals surface area (Å²) in [5.74, 6) is 0.719. The van der Waals surface area contributed by atoms with Gasteiger partial charge < -0.3 is 40.9 Å². The van der Waals surface area contributed by atoms with E-state index in [0.717, 1.165) is 70.5 Å². The van der Waals surface area contributed by atoms with Gasteiger partial charge in [0.15, 0.2) is 18.1 Å². The maximum Gasteiger partial charge on any atom is 0.271 e. The summed E-state index contributed by atoms with van der Waals surface area (Å²) < 4.78 is 5.79. The van der Waals surface area contributed by atoms with E-state index in [-0.39, 0.29) is 36.2 Å². The van der Waals surface area contributed by atoms with Crippen molar-refractivity contribution in [3.63, 3.8) is 0 Å². The molecule has 12 heteroatoms. The minimum atomic E-state index is -0.673. The van der Waals surface area contributed by atoms with E-state index < -0.39 is 5.91 Å². The summed E-state index contributed by atoms with van der Waals surface area (Å²) in [5, 5.41) is 16.5. The average molecular weight is 567 g/mol. The lowest BCUT2D eigenvalue weighted by atomic mass is 9.93. The highest BCUT2D eigenvalue weighted by atomic mass is 16.5. The number of aliphatic hydroxyl groups is 1. The molecular formula is C29H42N8O4. The number of hydrogen-bond acceptors (Lipinski definition) is 10. The Morgan fingerprint density at radius 2 is 1.85 bits per heavy atom. The Morgan fingerprint density at radius 3 is 2.56 bits per heavy atom. The molecule has 2 aliphatic heterocycles. The zero-order chi connectivity index (χ0) is 28.9. The van der Waals surface area contributed by atoms with Crippen molar-refractivity contribution in [3.05, 3.63) is 29.6 Å². The lowest BCUT2D eigenvalue weighted by Crippen LogP contribution is -2.46. The van der Waals surface area contributed by atoms with Gasteiger partial charge in [0.1, 0.15) is 11.6 Å².